The van der Waals surface area contributed by atoms with Crippen LogP contribution < -0.4 is 0 Å². The maximum atomic E-state index is 13.6. The van der Waals surface area contributed by atoms with E-state index in [0.717, 1.165) is 21.8 Å². The van der Waals surface area contributed by atoms with Crippen LogP contribution in [0.1, 0.15) is 0 Å². The third-order valence-corrected chi connectivity index (χ3v) is 5.50. The number of nitrogens with zero attached hydrogens (tertiary/aromatic N) is 2. The minimum Gasteiger partial charge on any atom is -0.248 e. The van der Waals surface area contributed by atoms with Gasteiger partial charge < -0.3 is 0 Å². The second-order valence-corrected chi connectivity index (χ2v) is 7.74. The molecular weight excluding hydrogens is 619 g/mol. The molecule has 0 aliphatic heterocycles. The molecule has 170 valence electrons. The van der Waals surface area contributed by atoms with E-state index in [1.165, 1.54) is 12.1 Å². The third-order valence-electron chi connectivity index (χ3n) is 5.50. The molecule has 5 heteroatoms. The van der Waals surface area contributed by atoms with Gasteiger partial charge in [-0.2, -0.15) is 0 Å². The smallest absolute Gasteiger partial charge is 0.248 e. The number of hydrogen-bond acceptors (Lipinski definition) is 2. The van der Waals surface area contributed by atoms with Crippen LogP contribution in [0.5, 0.6) is 0 Å². The molecule has 0 N–H and O–H groups in total. The molecule has 0 radical (unpaired) electrons. The van der Waals surface area contributed by atoms with Crippen LogP contribution in [0.3, 0.4) is 0 Å². The number of rotatable bonds is 2. The van der Waals surface area contributed by atoms with E-state index in [1.807, 2.05) is 84.9 Å². The van der Waals surface area contributed by atoms with Crippen molar-refractivity contribution >= 4 is 21.8 Å². The topological polar surface area (TPSA) is 25.8 Å². The Bertz CT molecular complexity index is 1480. The summed E-state index contributed by atoms with van der Waals surface area (Å²) < 4.78 is 27.3. The Kier molecular flexibility index (Phi) is 7.71. The zero-order valence-electron chi connectivity index (χ0n) is 18.5. The summed E-state index contributed by atoms with van der Waals surface area (Å²) in [6.07, 6.45) is 0. The quantitative estimate of drug-likeness (QED) is 0.192. The van der Waals surface area contributed by atoms with Crippen molar-refractivity contribution in [3.63, 3.8) is 0 Å². The largest absolute Gasteiger partial charge is 3.00 e. The van der Waals surface area contributed by atoms with Gasteiger partial charge in [-0.3, -0.25) is 0 Å². The summed E-state index contributed by atoms with van der Waals surface area (Å²) in [5.41, 5.74) is 4.18. The molecule has 6 rings (SSSR count). The molecule has 4 aromatic carbocycles. The summed E-state index contributed by atoms with van der Waals surface area (Å²) in [6.45, 7) is 0. The van der Waals surface area contributed by atoms with Gasteiger partial charge in [0.25, 0.3) is 0 Å². The fourth-order valence-corrected chi connectivity index (χ4v) is 3.77. The van der Waals surface area contributed by atoms with E-state index >= 15 is 0 Å². The van der Waals surface area contributed by atoms with Crippen LogP contribution in [0.4, 0.5) is 8.78 Å². The first-order chi connectivity index (χ1) is 16.7. The van der Waals surface area contributed by atoms with Crippen molar-refractivity contribution in [1.29, 1.82) is 0 Å². The van der Waals surface area contributed by atoms with Gasteiger partial charge in [0, 0.05) is 21.9 Å². The Hall–Kier alpha value is -3.79. The molecule has 6 aromatic rings. The third kappa shape index (κ3) is 5.48. The number of fused-ring (bicyclic) bond motifs is 2. The predicted molar refractivity (Wildman–Crippen MR) is 134 cm³/mol. The van der Waals surface area contributed by atoms with Gasteiger partial charge in [-0.15, -0.1) is 0 Å². The summed E-state index contributed by atoms with van der Waals surface area (Å²) in [7, 11) is 0. The molecule has 0 bridgehead atoms. The van der Waals surface area contributed by atoms with Crippen molar-refractivity contribution < 1.29 is 28.9 Å². The Morgan fingerprint density at radius 3 is 1.20 bits per heavy atom. The van der Waals surface area contributed by atoms with E-state index in [4.69, 9.17) is 0 Å². The molecule has 0 aliphatic carbocycles. The summed E-state index contributed by atoms with van der Waals surface area (Å²) in [6, 6.07) is 36.6. The molecule has 0 fully saturated rings. The number of para-hydroxylation sites is 2. The molecule has 0 spiro atoms. The van der Waals surface area contributed by atoms with Crippen molar-refractivity contribution in [2.75, 3.05) is 0 Å². The maximum absolute atomic E-state index is 13.6. The van der Waals surface area contributed by atoms with E-state index < -0.39 is 0 Å². The standard InChI is InChI=1S/2C15H10FN.Ir/c2*16-13-7-3-2-6-12(13)15-10-9-11-5-1-4-8-14(11)17-15;/h2*1-10H;/q;;+3. The van der Waals surface area contributed by atoms with Crippen molar-refractivity contribution in [1.82, 2.24) is 9.97 Å². The second-order valence-electron chi connectivity index (χ2n) is 7.74. The minimum absolute atomic E-state index is 0. The molecule has 2 heterocycles. The first kappa shape index (κ1) is 24.3. The van der Waals surface area contributed by atoms with Crippen LogP contribution in [0.2, 0.25) is 0 Å². The summed E-state index contributed by atoms with van der Waals surface area (Å²) in [4.78, 5) is 8.93. The minimum atomic E-state index is -0.240. The Morgan fingerprint density at radius 1 is 0.400 bits per heavy atom. The van der Waals surface area contributed by atoms with Crippen LogP contribution in [-0.4, -0.2) is 9.97 Å². The normalized spacial score (nSPS) is 10.3. The van der Waals surface area contributed by atoms with E-state index in [1.54, 1.807) is 24.3 Å². The molecule has 0 amide bonds. The SMILES string of the molecule is Fc1ccccc1-c1ccc2ccccc2n1.Fc1ccccc1-c1ccc2ccccc2n1.[Ir+3]. The van der Waals surface area contributed by atoms with Gasteiger partial charge in [-0.05, 0) is 48.5 Å². The van der Waals surface area contributed by atoms with Crippen molar-refractivity contribution in [3.8, 4) is 22.5 Å². The fraction of sp³-hybridized carbons (Fsp3) is 0. The fourth-order valence-electron chi connectivity index (χ4n) is 3.77. The average Bonchev–Trinajstić information content (AvgIpc) is 2.89. The molecule has 2 aromatic heterocycles. The summed E-state index contributed by atoms with van der Waals surface area (Å²) >= 11 is 0. The summed E-state index contributed by atoms with van der Waals surface area (Å²) in [5, 5.41) is 2.13. The molecule has 0 unspecified atom stereocenters. The van der Waals surface area contributed by atoms with Crippen molar-refractivity contribution in [3.05, 3.63) is 133 Å². The van der Waals surface area contributed by atoms with Crippen LogP contribution in [-0.2, 0) is 20.1 Å². The first-order valence-corrected chi connectivity index (χ1v) is 10.9. The van der Waals surface area contributed by atoms with Gasteiger partial charge in [0.1, 0.15) is 11.6 Å². The van der Waals surface area contributed by atoms with E-state index in [-0.39, 0.29) is 31.7 Å². The molecule has 0 saturated carbocycles. The van der Waals surface area contributed by atoms with Crippen LogP contribution in [0, 0.1) is 11.6 Å². The summed E-state index contributed by atoms with van der Waals surface area (Å²) in [5.74, 6) is -0.481. The zero-order valence-corrected chi connectivity index (χ0v) is 20.9. The molecule has 0 atom stereocenters. The molecule has 0 saturated heterocycles. The number of benzene rings is 4. The van der Waals surface area contributed by atoms with Crippen LogP contribution in [0.15, 0.2) is 121 Å². The molecule has 35 heavy (non-hydrogen) atoms. The van der Waals surface area contributed by atoms with E-state index in [0.29, 0.717) is 22.5 Å². The average molecular weight is 639 g/mol. The number of halogens is 2. The van der Waals surface area contributed by atoms with Gasteiger partial charge in [-0.25, -0.2) is 18.7 Å². The van der Waals surface area contributed by atoms with Crippen LogP contribution in [0.25, 0.3) is 44.3 Å². The number of aromatic nitrogens is 2. The van der Waals surface area contributed by atoms with Gasteiger partial charge in [-0.1, -0.05) is 72.8 Å². The van der Waals surface area contributed by atoms with Gasteiger partial charge >= 0.3 is 20.1 Å². The van der Waals surface area contributed by atoms with E-state index in [9.17, 15) is 8.78 Å². The van der Waals surface area contributed by atoms with Gasteiger partial charge in [0.2, 0.25) is 0 Å². The Labute approximate surface area is 215 Å². The predicted octanol–water partition coefficient (Wildman–Crippen LogP) is 8.08. The number of pyridine rings is 2. The molecular formula is C30H20F2IrN2+3. The van der Waals surface area contributed by atoms with Crippen molar-refractivity contribution in [2.45, 2.75) is 0 Å². The first-order valence-electron chi connectivity index (χ1n) is 10.9. The molecule has 0 aliphatic rings. The van der Waals surface area contributed by atoms with Gasteiger partial charge in [0.15, 0.2) is 0 Å². The van der Waals surface area contributed by atoms with Crippen molar-refractivity contribution in [2.24, 2.45) is 0 Å². The Morgan fingerprint density at radius 2 is 0.771 bits per heavy atom. The van der Waals surface area contributed by atoms with Gasteiger partial charge in [0.05, 0.1) is 22.4 Å². The Balaban J connectivity index is 0.000000160. The van der Waals surface area contributed by atoms with E-state index in [2.05, 4.69) is 9.97 Å². The monoisotopic (exact) mass is 639 g/mol. The second kappa shape index (κ2) is 11.1. The maximum Gasteiger partial charge on any atom is 3.00 e. The number of hydrogen-bond donors (Lipinski definition) is 0. The van der Waals surface area contributed by atoms with Crippen LogP contribution >= 0.6 is 0 Å². The molecule has 2 nitrogen and oxygen atoms in total. The zero-order chi connectivity index (χ0) is 23.3.